The van der Waals surface area contributed by atoms with Crippen LogP contribution in [0, 0.1) is 5.92 Å². The standard InChI is InChI=1S/C10H22N2/c1-2-11-7-3-5-10-6-4-8-12-9-10/h10-12H,2-9H2,1H3/t10-/m1/s1. The number of rotatable bonds is 5. The molecule has 0 amide bonds. The van der Waals surface area contributed by atoms with Gasteiger partial charge >= 0.3 is 0 Å². The summed E-state index contributed by atoms with van der Waals surface area (Å²) in [5.74, 6) is 0.956. The minimum Gasteiger partial charge on any atom is -0.317 e. The maximum atomic E-state index is 3.46. The SMILES string of the molecule is CCNCCC[C@@H]1CCCNC1. The van der Waals surface area contributed by atoms with Crippen LogP contribution in [-0.4, -0.2) is 26.2 Å². The molecule has 0 spiro atoms. The van der Waals surface area contributed by atoms with Gasteiger partial charge in [0.15, 0.2) is 0 Å². The lowest BCUT2D eigenvalue weighted by atomic mass is 9.95. The van der Waals surface area contributed by atoms with Gasteiger partial charge in [0.2, 0.25) is 0 Å². The Hall–Kier alpha value is -0.0800. The predicted molar refractivity (Wildman–Crippen MR) is 53.4 cm³/mol. The maximum absolute atomic E-state index is 3.46. The van der Waals surface area contributed by atoms with Gasteiger partial charge in [0.25, 0.3) is 0 Å². The molecule has 0 aliphatic carbocycles. The Bertz CT molecular complexity index is 98.0. The summed E-state index contributed by atoms with van der Waals surface area (Å²) in [6.07, 6.45) is 5.57. The second kappa shape index (κ2) is 6.44. The molecule has 2 N–H and O–H groups in total. The third-order valence-corrected chi connectivity index (χ3v) is 2.61. The van der Waals surface area contributed by atoms with Crippen molar-refractivity contribution in [3.05, 3.63) is 0 Å². The van der Waals surface area contributed by atoms with Crippen LogP contribution in [0.3, 0.4) is 0 Å². The van der Waals surface area contributed by atoms with Crippen LogP contribution in [-0.2, 0) is 0 Å². The van der Waals surface area contributed by atoms with Gasteiger partial charge in [-0.05, 0) is 57.8 Å². The first-order valence-electron chi connectivity index (χ1n) is 5.35. The van der Waals surface area contributed by atoms with Crippen molar-refractivity contribution in [3.8, 4) is 0 Å². The first-order chi connectivity index (χ1) is 5.93. The average molecular weight is 170 g/mol. The molecule has 0 aromatic heterocycles. The highest BCUT2D eigenvalue weighted by Crippen LogP contribution is 2.14. The highest BCUT2D eigenvalue weighted by atomic mass is 14.9. The summed E-state index contributed by atoms with van der Waals surface area (Å²) >= 11 is 0. The van der Waals surface area contributed by atoms with Gasteiger partial charge < -0.3 is 10.6 Å². The van der Waals surface area contributed by atoms with E-state index in [1.165, 1.54) is 45.3 Å². The van der Waals surface area contributed by atoms with Gasteiger partial charge in [0.05, 0.1) is 0 Å². The van der Waals surface area contributed by atoms with E-state index in [9.17, 15) is 0 Å². The predicted octanol–water partition coefficient (Wildman–Crippen LogP) is 1.38. The van der Waals surface area contributed by atoms with Gasteiger partial charge in [-0.2, -0.15) is 0 Å². The van der Waals surface area contributed by atoms with Crippen molar-refractivity contribution >= 4 is 0 Å². The van der Waals surface area contributed by atoms with E-state index in [0.29, 0.717) is 0 Å². The largest absolute Gasteiger partial charge is 0.317 e. The zero-order chi connectivity index (χ0) is 8.65. The lowest BCUT2D eigenvalue weighted by Crippen LogP contribution is -2.30. The maximum Gasteiger partial charge on any atom is -0.00205 e. The molecule has 1 aliphatic heterocycles. The Kier molecular flexibility index (Phi) is 5.37. The Morgan fingerprint density at radius 3 is 3.08 bits per heavy atom. The van der Waals surface area contributed by atoms with E-state index >= 15 is 0 Å². The quantitative estimate of drug-likeness (QED) is 0.609. The fourth-order valence-electron chi connectivity index (χ4n) is 1.86. The fraction of sp³-hybridized carbons (Fsp3) is 1.00. The summed E-state index contributed by atoms with van der Waals surface area (Å²) in [5.41, 5.74) is 0. The summed E-state index contributed by atoms with van der Waals surface area (Å²) in [5, 5.41) is 6.82. The summed E-state index contributed by atoms with van der Waals surface area (Å²) in [6.45, 7) is 6.98. The molecule has 1 heterocycles. The van der Waals surface area contributed by atoms with Crippen LogP contribution in [0.2, 0.25) is 0 Å². The molecule has 12 heavy (non-hydrogen) atoms. The lowest BCUT2D eigenvalue weighted by molar-refractivity contribution is 0.349. The topological polar surface area (TPSA) is 24.1 Å². The van der Waals surface area contributed by atoms with Crippen molar-refractivity contribution in [1.82, 2.24) is 10.6 Å². The molecule has 1 saturated heterocycles. The summed E-state index contributed by atoms with van der Waals surface area (Å²) in [7, 11) is 0. The zero-order valence-electron chi connectivity index (χ0n) is 8.23. The second-order valence-corrected chi connectivity index (χ2v) is 3.71. The van der Waals surface area contributed by atoms with Gasteiger partial charge in [-0.1, -0.05) is 6.92 Å². The minimum atomic E-state index is 0.956. The molecule has 1 atom stereocenters. The van der Waals surface area contributed by atoms with Crippen LogP contribution in [0.25, 0.3) is 0 Å². The van der Waals surface area contributed by atoms with Crippen LogP contribution >= 0.6 is 0 Å². The number of hydrogen-bond acceptors (Lipinski definition) is 2. The van der Waals surface area contributed by atoms with Crippen LogP contribution in [0.5, 0.6) is 0 Å². The van der Waals surface area contributed by atoms with Crippen LogP contribution in [0.15, 0.2) is 0 Å². The van der Waals surface area contributed by atoms with Crippen LogP contribution in [0.4, 0.5) is 0 Å². The van der Waals surface area contributed by atoms with E-state index < -0.39 is 0 Å². The van der Waals surface area contributed by atoms with Crippen molar-refractivity contribution in [1.29, 1.82) is 0 Å². The van der Waals surface area contributed by atoms with E-state index in [-0.39, 0.29) is 0 Å². The van der Waals surface area contributed by atoms with Gasteiger partial charge in [0, 0.05) is 0 Å². The molecule has 72 valence electrons. The number of piperidine rings is 1. The zero-order valence-corrected chi connectivity index (χ0v) is 8.23. The molecule has 0 aromatic carbocycles. The Morgan fingerprint density at radius 1 is 1.50 bits per heavy atom. The van der Waals surface area contributed by atoms with E-state index in [1.807, 2.05) is 0 Å². The van der Waals surface area contributed by atoms with E-state index in [1.54, 1.807) is 0 Å². The first-order valence-corrected chi connectivity index (χ1v) is 5.35. The molecule has 0 radical (unpaired) electrons. The molecule has 0 unspecified atom stereocenters. The van der Waals surface area contributed by atoms with E-state index in [4.69, 9.17) is 0 Å². The molecule has 0 aromatic rings. The molecule has 1 aliphatic rings. The molecular weight excluding hydrogens is 148 g/mol. The molecule has 0 saturated carbocycles. The highest BCUT2D eigenvalue weighted by molar-refractivity contribution is 4.68. The Labute approximate surface area is 76.1 Å². The average Bonchev–Trinajstić information content (AvgIpc) is 2.14. The van der Waals surface area contributed by atoms with Gasteiger partial charge in [-0.15, -0.1) is 0 Å². The van der Waals surface area contributed by atoms with Gasteiger partial charge in [0.1, 0.15) is 0 Å². The molecule has 0 bridgehead atoms. The normalized spacial score (nSPS) is 24.2. The van der Waals surface area contributed by atoms with Crippen molar-refractivity contribution in [2.75, 3.05) is 26.2 Å². The summed E-state index contributed by atoms with van der Waals surface area (Å²) in [6, 6.07) is 0. The van der Waals surface area contributed by atoms with Crippen molar-refractivity contribution < 1.29 is 0 Å². The smallest absolute Gasteiger partial charge is 0.00205 e. The van der Waals surface area contributed by atoms with Crippen molar-refractivity contribution in [2.45, 2.75) is 32.6 Å². The Balaban J connectivity index is 1.91. The van der Waals surface area contributed by atoms with Crippen LogP contribution < -0.4 is 10.6 Å². The summed E-state index contributed by atoms with van der Waals surface area (Å²) < 4.78 is 0. The first kappa shape index (κ1) is 10.0. The third kappa shape index (κ3) is 4.07. The number of nitrogens with one attached hydrogen (secondary N) is 2. The Morgan fingerprint density at radius 2 is 2.42 bits per heavy atom. The second-order valence-electron chi connectivity index (χ2n) is 3.71. The van der Waals surface area contributed by atoms with Crippen molar-refractivity contribution in [3.63, 3.8) is 0 Å². The van der Waals surface area contributed by atoms with E-state index in [2.05, 4.69) is 17.6 Å². The molecule has 1 rings (SSSR count). The summed E-state index contributed by atoms with van der Waals surface area (Å²) in [4.78, 5) is 0. The third-order valence-electron chi connectivity index (χ3n) is 2.61. The molecule has 1 fully saturated rings. The van der Waals surface area contributed by atoms with Crippen LogP contribution in [0.1, 0.15) is 32.6 Å². The molecular formula is C10H22N2. The minimum absolute atomic E-state index is 0.956. The number of hydrogen-bond donors (Lipinski definition) is 2. The molecule has 2 heteroatoms. The van der Waals surface area contributed by atoms with E-state index in [0.717, 1.165) is 12.5 Å². The van der Waals surface area contributed by atoms with Crippen molar-refractivity contribution in [2.24, 2.45) is 5.92 Å². The molecule has 2 nitrogen and oxygen atoms in total. The fourth-order valence-corrected chi connectivity index (χ4v) is 1.86. The van der Waals surface area contributed by atoms with Gasteiger partial charge in [-0.3, -0.25) is 0 Å². The highest BCUT2D eigenvalue weighted by Gasteiger charge is 2.11. The van der Waals surface area contributed by atoms with Gasteiger partial charge in [-0.25, -0.2) is 0 Å². The monoisotopic (exact) mass is 170 g/mol. The lowest BCUT2D eigenvalue weighted by Gasteiger charge is -2.22.